The fourth-order valence-corrected chi connectivity index (χ4v) is 4.29. The molecule has 8 heteroatoms. The van der Waals surface area contributed by atoms with Crippen LogP contribution in [0, 0.1) is 0 Å². The zero-order valence-electron chi connectivity index (χ0n) is 14.0. The first-order chi connectivity index (χ1) is 12.5. The highest BCUT2D eigenvalue weighted by molar-refractivity contribution is 7.89. The highest BCUT2D eigenvalue weighted by Gasteiger charge is 2.27. The molecule has 0 saturated carbocycles. The lowest BCUT2D eigenvalue weighted by molar-refractivity contribution is 0.0846. The summed E-state index contributed by atoms with van der Waals surface area (Å²) >= 11 is 0. The molecule has 2 amide bonds. The first-order valence-corrected chi connectivity index (χ1v) is 9.68. The van der Waals surface area contributed by atoms with E-state index < -0.39 is 21.8 Å². The van der Waals surface area contributed by atoms with E-state index >= 15 is 0 Å². The molecule has 1 saturated heterocycles. The van der Waals surface area contributed by atoms with E-state index in [0.717, 1.165) is 12.8 Å². The van der Waals surface area contributed by atoms with Gasteiger partial charge in [-0.25, -0.2) is 8.42 Å². The van der Waals surface area contributed by atoms with Gasteiger partial charge in [-0.15, -0.1) is 0 Å². The van der Waals surface area contributed by atoms with E-state index in [1.54, 1.807) is 30.3 Å². The minimum atomic E-state index is -3.60. The second-order valence-corrected chi connectivity index (χ2v) is 7.85. The molecule has 2 N–H and O–H groups in total. The van der Waals surface area contributed by atoms with Crippen molar-refractivity contribution in [2.24, 2.45) is 0 Å². The van der Waals surface area contributed by atoms with Crippen LogP contribution in [0.1, 0.15) is 33.6 Å². The summed E-state index contributed by atoms with van der Waals surface area (Å²) in [5, 5.41) is 0. The van der Waals surface area contributed by atoms with Crippen LogP contribution < -0.4 is 10.9 Å². The van der Waals surface area contributed by atoms with Crippen molar-refractivity contribution in [1.82, 2.24) is 15.2 Å². The van der Waals surface area contributed by atoms with Crippen molar-refractivity contribution < 1.29 is 18.0 Å². The van der Waals surface area contributed by atoms with E-state index in [9.17, 15) is 18.0 Å². The van der Waals surface area contributed by atoms with Gasteiger partial charge in [-0.2, -0.15) is 4.31 Å². The second kappa shape index (κ2) is 7.67. The van der Waals surface area contributed by atoms with Gasteiger partial charge in [-0.3, -0.25) is 20.4 Å². The van der Waals surface area contributed by atoms with E-state index in [0.29, 0.717) is 18.7 Å². The topological polar surface area (TPSA) is 95.6 Å². The van der Waals surface area contributed by atoms with Gasteiger partial charge in [0, 0.05) is 24.2 Å². The smallest absolute Gasteiger partial charge is 0.267 e. The molecular formula is C18H19N3O4S. The van der Waals surface area contributed by atoms with Crippen LogP contribution in [0.15, 0.2) is 59.5 Å². The number of hydrazine groups is 1. The van der Waals surface area contributed by atoms with E-state index in [1.165, 1.54) is 28.6 Å². The number of carbonyl (C=O) groups excluding carboxylic acids is 2. The molecule has 1 aliphatic heterocycles. The molecule has 0 unspecified atom stereocenters. The molecule has 7 nitrogen and oxygen atoms in total. The van der Waals surface area contributed by atoms with Crippen molar-refractivity contribution in [3.8, 4) is 0 Å². The molecule has 0 radical (unpaired) electrons. The second-order valence-electron chi connectivity index (χ2n) is 5.91. The standard InChI is InChI=1S/C18H19N3O4S/c22-17(14-7-2-1-3-8-14)19-20-18(23)15-9-6-10-16(13-15)26(24,25)21-11-4-5-12-21/h1-3,6-10,13H,4-5,11-12H2,(H,19,22)(H,20,23). The fourth-order valence-electron chi connectivity index (χ4n) is 2.72. The summed E-state index contributed by atoms with van der Waals surface area (Å²) in [5.41, 5.74) is 5.16. The third kappa shape index (κ3) is 3.92. The summed E-state index contributed by atoms with van der Waals surface area (Å²) in [6.07, 6.45) is 1.68. The van der Waals surface area contributed by atoms with Crippen molar-refractivity contribution in [1.29, 1.82) is 0 Å². The van der Waals surface area contributed by atoms with Gasteiger partial charge < -0.3 is 0 Å². The van der Waals surface area contributed by atoms with Crippen molar-refractivity contribution in [3.05, 3.63) is 65.7 Å². The van der Waals surface area contributed by atoms with E-state index in [-0.39, 0.29) is 10.5 Å². The highest BCUT2D eigenvalue weighted by Crippen LogP contribution is 2.21. The summed E-state index contributed by atoms with van der Waals surface area (Å²) in [6.45, 7) is 0.984. The number of hydrogen-bond acceptors (Lipinski definition) is 4. The third-order valence-corrected chi connectivity index (χ3v) is 6.02. The Hall–Kier alpha value is -2.71. The van der Waals surface area contributed by atoms with Gasteiger partial charge in [0.25, 0.3) is 11.8 Å². The van der Waals surface area contributed by atoms with E-state index in [2.05, 4.69) is 10.9 Å². The van der Waals surface area contributed by atoms with Gasteiger partial charge in [0.15, 0.2) is 0 Å². The van der Waals surface area contributed by atoms with Crippen molar-refractivity contribution in [3.63, 3.8) is 0 Å². The number of amides is 2. The van der Waals surface area contributed by atoms with Crippen LogP contribution in [0.2, 0.25) is 0 Å². The van der Waals surface area contributed by atoms with E-state index in [4.69, 9.17) is 0 Å². The van der Waals surface area contributed by atoms with Crippen LogP contribution in [0.25, 0.3) is 0 Å². The Kier molecular flexibility index (Phi) is 5.34. The average Bonchev–Trinajstić information content (AvgIpc) is 3.22. The van der Waals surface area contributed by atoms with Crippen LogP contribution in [0.5, 0.6) is 0 Å². The minimum Gasteiger partial charge on any atom is -0.267 e. The lowest BCUT2D eigenvalue weighted by Crippen LogP contribution is -2.41. The molecule has 0 atom stereocenters. The van der Waals surface area contributed by atoms with Gasteiger partial charge >= 0.3 is 0 Å². The van der Waals surface area contributed by atoms with Crippen LogP contribution in [-0.4, -0.2) is 37.6 Å². The van der Waals surface area contributed by atoms with Crippen LogP contribution in [-0.2, 0) is 10.0 Å². The summed E-state index contributed by atoms with van der Waals surface area (Å²) in [7, 11) is -3.60. The molecule has 3 rings (SSSR count). The number of sulfonamides is 1. The molecule has 1 aliphatic rings. The van der Waals surface area contributed by atoms with Crippen molar-refractivity contribution >= 4 is 21.8 Å². The van der Waals surface area contributed by atoms with Gasteiger partial charge in [-0.05, 0) is 43.2 Å². The maximum absolute atomic E-state index is 12.6. The SMILES string of the molecule is O=C(NNC(=O)c1cccc(S(=O)(=O)N2CCCC2)c1)c1ccccc1. The van der Waals surface area contributed by atoms with Gasteiger partial charge in [0.1, 0.15) is 0 Å². The monoisotopic (exact) mass is 373 g/mol. The minimum absolute atomic E-state index is 0.0708. The largest absolute Gasteiger partial charge is 0.269 e. The predicted octanol–water partition coefficient (Wildman–Crippen LogP) is 1.55. The molecule has 0 spiro atoms. The lowest BCUT2D eigenvalue weighted by Gasteiger charge is -2.16. The lowest BCUT2D eigenvalue weighted by atomic mass is 10.2. The number of nitrogens with zero attached hydrogens (tertiary/aromatic N) is 1. The van der Waals surface area contributed by atoms with Crippen LogP contribution in [0.3, 0.4) is 0 Å². The third-order valence-electron chi connectivity index (χ3n) is 4.12. The quantitative estimate of drug-likeness (QED) is 0.795. The Labute approximate surface area is 152 Å². The zero-order valence-corrected chi connectivity index (χ0v) is 14.8. The Morgan fingerprint density at radius 1 is 0.808 bits per heavy atom. The summed E-state index contributed by atoms with van der Waals surface area (Å²) in [5.74, 6) is -1.05. The summed E-state index contributed by atoms with van der Waals surface area (Å²) < 4.78 is 26.6. The Morgan fingerprint density at radius 2 is 1.38 bits per heavy atom. The van der Waals surface area contributed by atoms with Gasteiger partial charge in [0.2, 0.25) is 10.0 Å². The molecule has 136 valence electrons. The van der Waals surface area contributed by atoms with Crippen molar-refractivity contribution in [2.75, 3.05) is 13.1 Å². The zero-order chi connectivity index (χ0) is 18.6. The molecule has 26 heavy (non-hydrogen) atoms. The Morgan fingerprint density at radius 3 is 2.04 bits per heavy atom. The van der Waals surface area contributed by atoms with Gasteiger partial charge in [0.05, 0.1) is 4.90 Å². The normalized spacial score (nSPS) is 14.8. The number of carbonyl (C=O) groups is 2. The molecular weight excluding hydrogens is 354 g/mol. The van der Waals surface area contributed by atoms with Crippen LogP contribution >= 0.6 is 0 Å². The number of rotatable bonds is 4. The first kappa shape index (κ1) is 18.1. The molecule has 2 aromatic carbocycles. The van der Waals surface area contributed by atoms with Gasteiger partial charge in [-0.1, -0.05) is 24.3 Å². The Balaban J connectivity index is 1.69. The maximum atomic E-state index is 12.6. The highest BCUT2D eigenvalue weighted by atomic mass is 32.2. The fraction of sp³-hybridized carbons (Fsp3) is 0.222. The maximum Gasteiger partial charge on any atom is 0.269 e. The van der Waals surface area contributed by atoms with E-state index in [1.807, 2.05) is 0 Å². The number of hydrogen-bond donors (Lipinski definition) is 2. The first-order valence-electron chi connectivity index (χ1n) is 8.24. The Bertz CT molecular complexity index is 907. The number of nitrogens with one attached hydrogen (secondary N) is 2. The molecule has 0 aromatic heterocycles. The predicted molar refractivity (Wildman–Crippen MR) is 95.8 cm³/mol. The molecule has 1 heterocycles. The number of benzene rings is 2. The molecule has 0 bridgehead atoms. The van der Waals surface area contributed by atoms with Crippen molar-refractivity contribution in [2.45, 2.75) is 17.7 Å². The molecule has 1 fully saturated rings. The summed E-state index contributed by atoms with van der Waals surface area (Å²) in [6, 6.07) is 14.2. The summed E-state index contributed by atoms with van der Waals surface area (Å²) in [4.78, 5) is 24.3. The molecule has 2 aromatic rings. The molecule has 0 aliphatic carbocycles. The average molecular weight is 373 g/mol. The van der Waals surface area contributed by atoms with Crippen LogP contribution in [0.4, 0.5) is 0 Å².